The van der Waals surface area contributed by atoms with Crippen LogP contribution in [-0.2, 0) is 0 Å². The number of hydrogen-bond donors (Lipinski definition) is 1. The van der Waals surface area contributed by atoms with Gasteiger partial charge in [-0.2, -0.15) is 0 Å². The third-order valence-electron chi connectivity index (χ3n) is 1.31. The minimum Gasteiger partial charge on any atom is -0.411 e. The van der Waals surface area contributed by atoms with Crippen LogP contribution in [0.3, 0.4) is 0 Å². The summed E-state index contributed by atoms with van der Waals surface area (Å²) in [4.78, 5) is 3.82. The molecule has 0 fully saturated rings. The van der Waals surface area contributed by atoms with Gasteiger partial charge in [-0.3, -0.25) is 0 Å². The average Bonchev–Trinajstić information content (AvgIpc) is 1.95. The predicted octanol–water partition coefficient (Wildman–Crippen LogP) is 1.85. The normalized spacial score (nSPS) is 10.7. The van der Waals surface area contributed by atoms with E-state index in [1.165, 1.54) is 6.21 Å². The second kappa shape index (κ2) is 3.34. The van der Waals surface area contributed by atoms with Gasteiger partial charge in [0, 0.05) is 11.8 Å². The monoisotopic (exact) mass is 170 g/mol. The van der Waals surface area contributed by atoms with Crippen LogP contribution in [0.15, 0.2) is 17.4 Å². The number of oxime groups is 1. The predicted molar refractivity (Wildman–Crippen MR) is 43.4 cm³/mol. The number of aryl methyl sites for hydroxylation is 1. The molecule has 1 aromatic rings. The Balaban J connectivity index is 3.09. The van der Waals surface area contributed by atoms with Crippen LogP contribution < -0.4 is 0 Å². The number of aromatic nitrogens is 1. The van der Waals surface area contributed by atoms with Crippen molar-refractivity contribution in [3.63, 3.8) is 0 Å². The smallest absolute Gasteiger partial charge is 0.129 e. The molecule has 0 saturated carbocycles. The molecule has 0 amide bonds. The first-order valence-electron chi connectivity index (χ1n) is 3.03. The zero-order chi connectivity index (χ0) is 8.27. The van der Waals surface area contributed by atoms with Crippen LogP contribution in [0.1, 0.15) is 11.1 Å². The second-order valence-electron chi connectivity index (χ2n) is 2.11. The fourth-order valence-electron chi connectivity index (χ4n) is 0.730. The molecule has 1 aromatic heterocycles. The number of pyridine rings is 1. The molecule has 4 heteroatoms. The van der Waals surface area contributed by atoms with Crippen molar-refractivity contribution in [1.82, 2.24) is 4.98 Å². The Morgan fingerprint density at radius 1 is 1.73 bits per heavy atom. The summed E-state index contributed by atoms with van der Waals surface area (Å²) in [7, 11) is 0. The average molecular weight is 171 g/mol. The zero-order valence-corrected chi connectivity index (χ0v) is 6.71. The molecule has 0 aliphatic carbocycles. The fourth-order valence-corrected chi connectivity index (χ4v) is 0.942. The van der Waals surface area contributed by atoms with Gasteiger partial charge in [-0.1, -0.05) is 16.8 Å². The molecular formula is C7H7ClN2O. The summed E-state index contributed by atoms with van der Waals surface area (Å²) in [5.74, 6) is 0. The molecule has 0 bridgehead atoms. The van der Waals surface area contributed by atoms with Crippen molar-refractivity contribution >= 4 is 17.8 Å². The molecule has 1 N–H and O–H groups in total. The summed E-state index contributed by atoms with van der Waals surface area (Å²) in [6.07, 6.45) is 2.87. The lowest BCUT2D eigenvalue weighted by Crippen LogP contribution is -1.88. The summed E-state index contributed by atoms with van der Waals surface area (Å²) in [6.45, 7) is 1.87. The summed E-state index contributed by atoms with van der Waals surface area (Å²) in [6, 6.07) is 1.71. The maximum atomic E-state index is 8.22. The Morgan fingerprint density at radius 2 is 2.45 bits per heavy atom. The molecular weight excluding hydrogens is 164 g/mol. The first-order chi connectivity index (χ1) is 5.24. The third kappa shape index (κ3) is 1.91. The molecule has 3 nitrogen and oxygen atoms in total. The molecule has 0 spiro atoms. The van der Waals surface area contributed by atoms with Gasteiger partial charge in [0.2, 0.25) is 0 Å². The van der Waals surface area contributed by atoms with Gasteiger partial charge in [0.25, 0.3) is 0 Å². The van der Waals surface area contributed by atoms with E-state index in [1.807, 2.05) is 6.92 Å². The third-order valence-corrected chi connectivity index (χ3v) is 1.52. The van der Waals surface area contributed by atoms with E-state index < -0.39 is 0 Å². The molecule has 0 unspecified atom stereocenters. The molecule has 0 aromatic carbocycles. The van der Waals surface area contributed by atoms with Crippen LogP contribution >= 0.6 is 11.6 Å². The molecule has 0 saturated heterocycles. The molecule has 0 aliphatic rings. The Hall–Kier alpha value is -1.09. The largest absolute Gasteiger partial charge is 0.411 e. The van der Waals surface area contributed by atoms with Crippen LogP contribution in [0.2, 0.25) is 5.15 Å². The van der Waals surface area contributed by atoms with Gasteiger partial charge in [0.1, 0.15) is 5.15 Å². The highest BCUT2D eigenvalue weighted by molar-refractivity contribution is 6.29. The molecule has 0 radical (unpaired) electrons. The lowest BCUT2D eigenvalue weighted by atomic mass is 10.2. The van der Waals surface area contributed by atoms with Crippen molar-refractivity contribution in [2.45, 2.75) is 6.92 Å². The summed E-state index contributed by atoms with van der Waals surface area (Å²) >= 11 is 5.60. The highest BCUT2D eigenvalue weighted by atomic mass is 35.5. The summed E-state index contributed by atoms with van der Waals surface area (Å²) in [5.41, 5.74) is 1.69. The number of hydrogen-bond acceptors (Lipinski definition) is 3. The SMILES string of the molecule is Cc1cc(Cl)ncc1/C=N\O. The molecule has 58 valence electrons. The summed E-state index contributed by atoms with van der Waals surface area (Å²) < 4.78 is 0. The first-order valence-corrected chi connectivity index (χ1v) is 3.41. The minimum atomic E-state index is 0.442. The van der Waals surface area contributed by atoms with Crippen molar-refractivity contribution < 1.29 is 5.21 Å². The second-order valence-corrected chi connectivity index (χ2v) is 2.50. The topological polar surface area (TPSA) is 45.5 Å². The van der Waals surface area contributed by atoms with Gasteiger partial charge in [0.05, 0.1) is 6.21 Å². The minimum absolute atomic E-state index is 0.442. The molecule has 1 rings (SSSR count). The Bertz CT molecular complexity index is 286. The van der Waals surface area contributed by atoms with Crippen LogP contribution in [0.4, 0.5) is 0 Å². The van der Waals surface area contributed by atoms with E-state index in [1.54, 1.807) is 12.3 Å². The van der Waals surface area contributed by atoms with Gasteiger partial charge < -0.3 is 5.21 Å². The standard InChI is InChI=1S/C7H7ClN2O/c1-5-2-7(8)9-3-6(5)4-10-11/h2-4,11H,1H3/b10-4-. The van der Waals surface area contributed by atoms with Crippen molar-refractivity contribution in [2.75, 3.05) is 0 Å². The fraction of sp³-hybridized carbons (Fsp3) is 0.143. The highest BCUT2D eigenvalue weighted by Crippen LogP contribution is 2.09. The number of nitrogens with zero attached hydrogens (tertiary/aromatic N) is 2. The van der Waals surface area contributed by atoms with Gasteiger partial charge in [0.15, 0.2) is 0 Å². The first kappa shape index (κ1) is 8.01. The van der Waals surface area contributed by atoms with Crippen LogP contribution in [0, 0.1) is 6.92 Å². The van der Waals surface area contributed by atoms with E-state index in [-0.39, 0.29) is 0 Å². The van der Waals surface area contributed by atoms with E-state index in [9.17, 15) is 0 Å². The van der Waals surface area contributed by atoms with Crippen molar-refractivity contribution in [1.29, 1.82) is 0 Å². The quantitative estimate of drug-likeness (QED) is 0.303. The van der Waals surface area contributed by atoms with Gasteiger partial charge >= 0.3 is 0 Å². The number of rotatable bonds is 1. The molecule has 1 heterocycles. The molecule has 0 atom stereocenters. The summed E-state index contributed by atoms with van der Waals surface area (Å²) in [5, 5.41) is 11.6. The van der Waals surface area contributed by atoms with Crippen molar-refractivity contribution in [3.8, 4) is 0 Å². The lowest BCUT2D eigenvalue weighted by molar-refractivity contribution is 0.322. The van der Waals surface area contributed by atoms with E-state index in [4.69, 9.17) is 16.8 Å². The zero-order valence-electron chi connectivity index (χ0n) is 5.95. The van der Waals surface area contributed by atoms with Crippen LogP contribution in [0.25, 0.3) is 0 Å². The Labute approximate surface area is 69.3 Å². The maximum Gasteiger partial charge on any atom is 0.129 e. The van der Waals surface area contributed by atoms with Crippen LogP contribution in [-0.4, -0.2) is 16.4 Å². The molecule has 0 aliphatic heterocycles. The van der Waals surface area contributed by atoms with Gasteiger partial charge in [-0.15, -0.1) is 0 Å². The number of halogens is 1. The Kier molecular flexibility index (Phi) is 2.44. The van der Waals surface area contributed by atoms with Gasteiger partial charge in [-0.25, -0.2) is 4.98 Å². The van der Waals surface area contributed by atoms with E-state index in [0.29, 0.717) is 5.15 Å². The van der Waals surface area contributed by atoms with Crippen LogP contribution in [0.5, 0.6) is 0 Å². The maximum absolute atomic E-state index is 8.22. The lowest BCUT2D eigenvalue weighted by Gasteiger charge is -1.96. The Morgan fingerprint density at radius 3 is 3.00 bits per heavy atom. The highest BCUT2D eigenvalue weighted by Gasteiger charge is 1.96. The van der Waals surface area contributed by atoms with Crippen molar-refractivity contribution in [2.24, 2.45) is 5.16 Å². The van der Waals surface area contributed by atoms with E-state index in [0.717, 1.165) is 11.1 Å². The van der Waals surface area contributed by atoms with Gasteiger partial charge in [-0.05, 0) is 18.6 Å². The van der Waals surface area contributed by atoms with E-state index in [2.05, 4.69) is 10.1 Å². The molecule has 11 heavy (non-hydrogen) atoms. The van der Waals surface area contributed by atoms with Crippen molar-refractivity contribution in [3.05, 3.63) is 28.5 Å². The van der Waals surface area contributed by atoms with E-state index >= 15 is 0 Å².